The molecule has 2 amide bonds. The summed E-state index contributed by atoms with van der Waals surface area (Å²) >= 11 is 0. The highest BCUT2D eigenvalue weighted by Crippen LogP contribution is 2.32. The van der Waals surface area contributed by atoms with Gasteiger partial charge in [0, 0.05) is 18.9 Å². The molecule has 0 radical (unpaired) electrons. The number of carbonyl (C=O) groups is 2. The minimum absolute atomic E-state index is 0.250. The zero-order valence-electron chi connectivity index (χ0n) is 19.4. The maximum atomic E-state index is 13.0. The molecule has 9 heteroatoms. The normalized spacial score (nSPS) is 12.3. The summed E-state index contributed by atoms with van der Waals surface area (Å²) in [5, 5.41) is 16.9. The second-order valence-corrected chi connectivity index (χ2v) is 9.00. The Morgan fingerprint density at radius 3 is 2.47 bits per heavy atom. The molecule has 172 valence electrons. The molecule has 0 bridgehead atoms. The average Bonchev–Trinajstić information content (AvgIpc) is 3.02. The third-order valence-corrected chi connectivity index (χ3v) is 4.93. The molecule has 0 saturated heterocycles. The lowest BCUT2D eigenvalue weighted by Crippen LogP contribution is -2.51. The van der Waals surface area contributed by atoms with E-state index < -0.39 is 17.0 Å². The van der Waals surface area contributed by atoms with Crippen molar-refractivity contribution in [1.29, 1.82) is 0 Å². The summed E-state index contributed by atoms with van der Waals surface area (Å²) in [6.07, 6.45) is 0. The highest BCUT2D eigenvalue weighted by molar-refractivity contribution is 6.11. The van der Waals surface area contributed by atoms with Gasteiger partial charge in [-0.3, -0.25) is 9.59 Å². The van der Waals surface area contributed by atoms with Crippen molar-refractivity contribution in [3.05, 3.63) is 30.1 Å². The van der Waals surface area contributed by atoms with Crippen LogP contribution < -0.4 is 10.6 Å². The molecule has 9 nitrogen and oxygen atoms in total. The molecule has 2 aromatic heterocycles. The van der Waals surface area contributed by atoms with Crippen LogP contribution in [0.15, 0.2) is 24.3 Å². The second-order valence-electron chi connectivity index (χ2n) is 9.00. The summed E-state index contributed by atoms with van der Waals surface area (Å²) < 4.78 is 7.54. The van der Waals surface area contributed by atoms with Gasteiger partial charge in [-0.1, -0.05) is 18.2 Å². The number of ether oxygens (including phenoxy) is 1. The number of benzene rings is 1. The van der Waals surface area contributed by atoms with Gasteiger partial charge in [0.15, 0.2) is 5.82 Å². The molecule has 0 unspecified atom stereocenters. The molecule has 0 fully saturated rings. The number of aromatic nitrogens is 3. The van der Waals surface area contributed by atoms with Crippen LogP contribution in [-0.2, 0) is 27.5 Å². The molecule has 32 heavy (non-hydrogen) atoms. The third kappa shape index (κ3) is 5.05. The molecule has 0 atom stereocenters. The number of hydrogen-bond donors (Lipinski definition) is 3. The fraction of sp³-hybridized carbons (Fsp3) is 0.478. The maximum Gasteiger partial charge on any atom is 0.250 e. The van der Waals surface area contributed by atoms with Crippen LogP contribution in [0.25, 0.3) is 21.9 Å². The number of aliphatic hydroxyl groups is 1. The van der Waals surface area contributed by atoms with Crippen LogP contribution >= 0.6 is 0 Å². The van der Waals surface area contributed by atoms with E-state index in [2.05, 4.69) is 15.6 Å². The lowest BCUT2D eigenvalue weighted by Gasteiger charge is -2.24. The molecule has 0 aliphatic rings. The average molecular weight is 442 g/mol. The maximum absolute atomic E-state index is 13.0. The number of carbonyl (C=O) groups excluding carboxylic acids is 2. The number of rotatable bonds is 8. The lowest BCUT2D eigenvalue weighted by atomic mass is 10.0. The predicted molar refractivity (Wildman–Crippen MR) is 123 cm³/mol. The van der Waals surface area contributed by atoms with Crippen LogP contribution in [0.5, 0.6) is 0 Å². The Morgan fingerprint density at radius 1 is 1.16 bits per heavy atom. The number of nitrogens with one attached hydrogen (secondary N) is 2. The number of para-hydroxylation sites is 1. The van der Waals surface area contributed by atoms with Gasteiger partial charge in [0.25, 0.3) is 5.91 Å². The topological polar surface area (TPSA) is 118 Å². The molecular formula is C23H31N5O4. The van der Waals surface area contributed by atoms with Gasteiger partial charge in [-0.05, 0) is 40.7 Å². The highest BCUT2D eigenvalue weighted by Gasteiger charge is 2.30. The molecule has 3 aromatic rings. The molecule has 3 N–H and O–H groups in total. The number of hydrogen-bond acceptors (Lipinski definition) is 6. The Labute approximate surface area is 187 Å². The smallest absolute Gasteiger partial charge is 0.250 e. The van der Waals surface area contributed by atoms with E-state index in [1.54, 1.807) is 27.7 Å². The number of nitrogens with zero attached hydrogens (tertiary/aromatic N) is 3. The monoisotopic (exact) mass is 441 g/mol. The van der Waals surface area contributed by atoms with Crippen LogP contribution in [0.1, 0.15) is 47.4 Å². The van der Waals surface area contributed by atoms with E-state index in [0.29, 0.717) is 23.5 Å². The van der Waals surface area contributed by atoms with Crippen molar-refractivity contribution < 1.29 is 19.4 Å². The predicted octanol–water partition coefficient (Wildman–Crippen LogP) is 2.75. The fourth-order valence-corrected chi connectivity index (χ4v) is 3.59. The second kappa shape index (κ2) is 8.84. The van der Waals surface area contributed by atoms with Gasteiger partial charge in [-0.2, -0.15) is 0 Å². The first-order valence-electron chi connectivity index (χ1n) is 10.6. The molecular weight excluding hydrogens is 410 g/mol. The Morgan fingerprint density at radius 2 is 1.84 bits per heavy atom. The minimum atomic E-state index is -1.14. The number of anilines is 1. The van der Waals surface area contributed by atoms with E-state index in [9.17, 15) is 14.7 Å². The van der Waals surface area contributed by atoms with Crippen molar-refractivity contribution in [2.45, 2.75) is 65.8 Å². The van der Waals surface area contributed by atoms with E-state index in [-0.39, 0.29) is 24.9 Å². The molecule has 0 aliphatic carbocycles. The van der Waals surface area contributed by atoms with Crippen LogP contribution in [-0.4, -0.2) is 49.2 Å². The summed E-state index contributed by atoms with van der Waals surface area (Å²) in [4.78, 5) is 33.9. The van der Waals surface area contributed by atoms with Crippen molar-refractivity contribution in [3.8, 4) is 0 Å². The Kier molecular flexibility index (Phi) is 6.52. The van der Waals surface area contributed by atoms with E-state index in [4.69, 9.17) is 9.72 Å². The van der Waals surface area contributed by atoms with E-state index in [0.717, 1.165) is 10.9 Å². The van der Waals surface area contributed by atoms with Crippen molar-refractivity contribution in [2.75, 3.05) is 11.9 Å². The molecule has 3 rings (SSSR count). The summed E-state index contributed by atoms with van der Waals surface area (Å²) in [7, 11) is 0. The van der Waals surface area contributed by atoms with Crippen LogP contribution in [0, 0.1) is 0 Å². The first kappa shape index (κ1) is 23.6. The van der Waals surface area contributed by atoms with Crippen molar-refractivity contribution in [3.63, 3.8) is 0 Å². The molecule has 0 saturated carbocycles. The standard InChI is InChI=1S/C23H31N5O4/c1-7-32-12-17-25-18-19(28(17)13-22(3,4)31)15-10-8-9-11-16(15)24-20(18)26-21(30)23(5,6)27-14(2)29/h8-11,31H,7,12-13H2,1-6H3,(H,27,29)(H,24,26,30). The number of amides is 2. The number of pyridine rings is 1. The van der Waals surface area contributed by atoms with Crippen molar-refractivity contribution >= 4 is 39.6 Å². The van der Waals surface area contributed by atoms with Crippen LogP contribution in [0.2, 0.25) is 0 Å². The Bertz CT molecular complexity index is 1160. The van der Waals surface area contributed by atoms with Gasteiger partial charge < -0.3 is 25.0 Å². The van der Waals surface area contributed by atoms with Gasteiger partial charge in [0.1, 0.15) is 23.5 Å². The van der Waals surface area contributed by atoms with E-state index in [1.165, 1.54) is 6.92 Å². The summed E-state index contributed by atoms with van der Waals surface area (Å²) in [6, 6.07) is 7.56. The lowest BCUT2D eigenvalue weighted by molar-refractivity contribution is -0.128. The van der Waals surface area contributed by atoms with Gasteiger partial charge in [-0.25, -0.2) is 9.97 Å². The molecule has 2 heterocycles. The largest absolute Gasteiger partial charge is 0.389 e. The van der Waals surface area contributed by atoms with Gasteiger partial charge in [0.05, 0.1) is 23.2 Å². The van der Waals surface area contributed by atoms with Gasteiger partial charge in [-0.15, -0.1) is 0 Å². The Hall–Kier alpha value is -3.04. The first-order chi connectivity index (χ1) is 14.9. The van der Waals surface area contributed by atoms with E-state index in [1.807, 2.05) is 35.8 Å². The minimum Gasteiger partial charge on any atom is -0.389 e. The number of fused-ring (bicyclic) bond motifs is 3. The molecule has 0 spiro atoms. The van der Waals surface area contributed by atoms with Crippen molar-refractivity contribution in [1.82, 2.24) is 19.9 Å². The van der Waals surface area contributed by atoms with Crippen LogP contribution in [0.3, 0.4) is 0 Å². The number of imidazole rings is 1. The quantitative estimate of drug-likeness (QED) is 0.495. The van der Waals surface area contributed by atoms with Gasteiger partial charge in [0.2, 0.25) is 5.91 Å². The summed E-state index contributed by atoms with van der Waals surface area (Å²) in [5.41, 5.74) is -0.229. The SMILES string of the molecule is CCOCc1nc2c(NC(=O)C(C)(C)NC(C)=O)nc3ccccc3c2n1CC(C)(C)O. The summed E-state index contributed by atoms with van der Waals surface area (Å²) in [5.74, 6) is 0.184. The highest BCUT2D eigenvalue weighted by atomic mass is 16.5. The van der Waals surface area contributed by atoms with Crippen LogP contribution in [0.4, 0.5) is 5.82 Å². The Balaban J connectivity index is 2.23. The van der Waals surface area contributed by atoms with E-state index >= 15 is 0 Å². The van der Waals surface area contributed by atoms with Gasteiger partial charge >= 0.3 is 0 Å². The zero-order valence-corrected chi connectivity index (χ0v) is 19.4. The first-order valence-corrected chi connectivity index (χ1v) is 10.6. The summed E-state index contributed by atoms with van der Waals surface area (Å²) in [6.45, 7) is 11.0. The van der Waals surface area contributed by atoms with Crippen molar-refractivity contribution in [2.24, 2.45) is 0 Å². The molecule has 0 aliphatic heterocycles. The fourth-order valence-electron chi connectivity index (χ4n) is 3.59. The zero-order chi connectivity index (χ0) is 23.7. The third-order valence-electron chi connectivity index (χ3n) is 4.93. The molecule has 1 aromatic carbocycles.